The summed E-state index contributed by atoms with van der Waals surface area (Å²) >= 11 is 0. The van der Waals surface area contributed by atoms with Gasteiger partial charge < -0.3 is 9.29 Å². The van der Waals surface area contributed by atoms with Crippen LogP contribution in [0.1, 0.15) is 32.1 Å². The maximum absolute atomic E-state index is 13.1. The molecule has 1 aliphatic rings. The van der Waals surface area contributed by atoms with E-state index in [1.165, 1.54) is 14.7 Å². The summed E-state index contributed by atoms with van der Waals surface area (Å²) in [4.78, 5) is 11.6. The third-order valence-electron chi connectivity index (χ3n) is 5.75. The highest BCUT2D eigenvalue weighted by molar-refractivity contribution is 7.97. The van der Waals surface area contributed by atoms with Crippen LogP contribution in [0.25, 0.3) is 0 Å². The van der Waals surface area contributed by atoms with E-state index in [4.69, 9.17) is 4.79 Å². The molecule has 1 atom stereocenters. The molecule has 1 fully saturated rings. The van der Waals surface area contributed by atoms with Crippen molar-refractivity contribution in [2.45, 2.75) is 70.4 Å². The van der Waals surface area contributed by atoms with Crippen LogP contribution in [0.15, 0.2) is 106 Å². The maximum atomic E-state index is 13.1. The molecule has 4 rings (SSSR count). The fraction of sp³-hybridized carbons (Fsp3) is 0.321. The van der Waals surface area contributed by atoms with E-state index in [1.54, 1.807) is 0 Å². The minimum Gasteiger partial charge on any atom is -0.743 e. The number of carbonyl (C=O) groups excluding carboxylic acids is 1. The largest absolute Gasteiger partial charge is 0.743 e. The summed E-state index contributed by atoms with van der Waals surface area (Å²) in [5, 5.41) is -5.54. The van der Waals surface area contributed by atoms with Gasteiger partial charge in [-0.3, -0.25) is 4.79 Å². The van der Waals surface area contributed by atoms with Crippen molar-refractivity contribution in [3.63, 3.8) is 0 Å². The Morgan fingerprint density at radius 3 is 1.38 bits per heavy atom. The first-order chi connectivity index (χ1) is 18.9. The zero-order chi connectivity index (χ0) is 29.8. The Kier molecular flexibility index (Phi) is 12.8. The summed E-state index contributed by atoms with van der Waals surface area (Å²) in [6.07, 6.45) is -8.68. The number of hydrogen-bond acceptors (Lipinski definition) is 5. The van der Waals surface area contributed by atoms with E-state index in [0.717, 1.165) is 6.42 Å². The molecule has 3 aromatic carbocycles. The van der Waals surface area contributed by atoms with Crippen LogP contribution in [0.4, 0.5) is 22.0 Å². The van der Waals surface area contributed by atoms with E-state index in [9.17, 15) is 34.9 Å². The second kappa shape index (κ2) is 15.3. The van der Waals surface area contributed by atoms with Gasteiger partial charge in [0.15, 0.2) is 24.8 Å². The van der Waals surface area contributed by atoms with Gasteiger partial charge >= 0.3 is 11.4 Å². The standard InChI is InChI=1S/C18H15S.C9H13F5O4S.CO/c1-4-10-16(11-5-1)19(17-12-6-2-7-13-17)18-14-8-3-9-15-18;10-8(11,12)7(9(13,14)19(15,16)17)18-6-4-2-1-3-5-6;1-2/h1-15H;6-7H,1-5H2,(H,15,16,17);/q+1;;/p-1. The first kappa shape index (κ1) is 33.4. The average Bonchev–Trinajstić information content (AvgIpc) is 2.94. The van der Waals surface area contributed by atoms with Crippen molar-refractivity contribution in [1.82, 2.24) is 0 Å². The number of benzene rings is 3. The highest BCUT2D eigenvalue weighted by Crippen LogP contribution is 2.40. The van der Waals surface area contributed by atoms with Crippen LogP contribution in [0.2, 0.25) is 0 Å². The Balaban J connectivity index is 0.000000264. The third-order valence-corrected chi connectivity index (χ3v) is 8.86. The number of ether oxygens (including phenoxy) is 1. The normalized spacial score (nSPS) is 15.3. The van der Waals surface area contributed by atoms with Gasteiger partial charge in [-0.1, -0.05) is 73.9 Å². The SMILES string of the molecule is O=S(=O)([O-])C(F)(F)C(OC1CCCCC1)C(F)(F)F.[C]=O.c1ccc([S+](c2ccccc2)c2ccccc2)cc1. The number of alkyl halides is 5. The first-order valence-corrected chi connectivity index (χ1v) is 14.7. The van der Waals surface area contributed by atoms with E-state index in [-0.39, 0.29) is 23.7 Å². The lowest BCUT2D eigenvalue weighted by Crippen LogP contribution is -2.52. The van der Waals surface area contributed by atoms with Gasteiger partial charge in [0, 0.05) is 0 Å². The summed E-state index contributed by atoms with van der Waals surface area (Å²) in [6, 6.07) is 32.2. The van der Waals surface area contributed by atoms with Crippen molar-refractivity contribution in [2.75, 3.05) is 0 Å². The lowest BCUT2D eigenvalue weighted by atomic mass is 9.97. The van der Waals surface area contributed by atoms with Crippen LogP contribution in [-0.4, -0.2) is 43.4 Å². The lowest BCUT2D eigenvalue weighted by molar-refractivity contribution is -0.278. The molecule has 2 radical (unpaired) electrons. The highest BCUT2D eigenvalue weighted by atomic mass is 32.2. The lowest BCUT2D eigenvalue weighted by Gasteiger charge is -2.34. The second-order valence-electron chi connectivity index (χ2n) is 8.58. The molecule has 12 heteroatoms. The number of hydrogen-bond donors (Lipinski definition) is 0. The molecule has 5 nitrogen and oxygen atoms in total. The van der Waals surface area contributed by atoms with Crippen LogP contribution >= 0.6 is 0 Å². The quantitative estimate of drug-likeness (QED) is 0.169. The fourth-order valence-corrected chi connectivity index (χ4v) is 6.51. The van der Waals surface area contributed by atoms with Gasteiger partial charge in [0.2, 0.25) is 6.10 Å². The molecule has 0 aliphatic heterocycles. The van der Waals surface area contributed by atoms with E-state index >= 15 is 0 Å². The summed E-state index contributed by atoms with van der Waals surface area (Å²) in [5.41, 5.74) is 0. The molecule has 0 aromatic heterocycles. The van der Waals surface area contributed by atoms with Gasteiger partial charge in [0.05, 0.1) is 17.0 Å². The van der Waals surface area contributed by atoms with E-state index < -0.39 is 33.8 Å². The number of halogens is 5. The Hall–Kier alpha value is -2.80. The van der Waals surface area contributed by atoms with Gasteiger partial charge in [0.25, 0.3) is 6.79 Å². The second-order valence-corrected chi connectivity index (χ2v) is 12.1. The van der Waals surface area contributed by atoms with Crippen molar-refractivity contribution < 1.29 is 44.5 Å². The molecule has 216 valence electrons. The zero-order valence-electron chi connectivity index (χ0n) is 21.1. The number of rotatable bonds is 7. The molecule has 1 saturated carbocycles. The van der Waals surface area contributed by atoms with Crippen molar-refractivity contribution >= 4 is 27.8 Å². The molecular formula is C28H27F5O5S2. The van der Waals surface area contributed by atoms with Crippen LogP contribution in [0, 0.1) is 0 Å². The Labute approximate surface area is 233 Å². The maximum Gasteiger partial charge on any atom is 0.421 e. The average molecular weight is 603 g/mol. The van der Waals surface area contributed by atoms with Crippen molar-refractivity contribution in [3.05, 3.63) is 91.0 Å². The minimum atomic E-state index is -6.46. The Morgan fingerprint density at radius 1 is 0.725 bits per heavy atom. The predicted octanol–water partition coefficient (Wildman–Crippen LogP) is 6.79. The molecule has 1 unspecified atom stereocenters. The summed E-state index contributed by atoms with van der Waals surface area (Å²) in [5.74, 6) is 0. The van der Waals surface area contributed by atoms with Crippen LogP contribution < -0.4 is 0 Å². The first-order valence-electron chi connectivity index (χ1n) is 12.1. The van der Waals surface area contributed by atoms with Crippen molar-refractivity contribution in [2.24, 2.45) is 0 Å². The van der Waals surface area contributed by atoms with Gasteiger partial charge in [0.1, 0.15) is 0 Å². The van der Waals surface area contributed by atoms with Gasteiger partial charge in [-0.15, -0.1) is 0 Å². The summed E-state index contributed by atoms with van der Waals surface area (Å²) in [6.45, 7) is 4.50. The molecule has 1 aliphatic carbocycles. The topological polar surface area (TPSA) is 83.5 Å². The molecule has 3 aromatic rings. The molecule has 0 saturated heterocycles. The van der Waals surface area contributed by atoms with Crippen LogP contribution in [0.3, 0.4) is 0 Å². The summed E-state index contributed by atoms with van der Waals surface area (Å²) < 4.78 is 98.8. The van der Waals surface area contributed by atoms with Crippen LogP contribution in [0.5, 0.6) is 0 Å². The fourth-order valence-electron chi connectivity index (χ4n) is 3.95. The Morgan fingerprint density at radius 2 is 1.07 bits per heavy atom. The summed E-state index contributed by atoms with van der Waals surface area (Å²) in [7, 11) is -6.48. The minimum absolute atomic E-state index is 0.0146. The molecule has 40 heavy (non-hydrogen) atoms. The Bertz CT molecular complexity index is 1140. The zero-order valence-corrected chi connectivity index (χ0v) is 22.7. The predicted molar refractivity (Wildman–Crippen MR) is 140 cm³/mol. The molecule has 0 N–H and O–H groups in total. The van der Waals surface area contributed by atoms with Gasteiger partial charge in [-0.25, -0.2) is 8.42 Å². The highest BCUT2D eigenvalue weighted by Gasteiger charge is 2.61. The van der Waals surface area contributed by atoms with Crippen LogP contribution in [-0.2, 0) is 30.5 Å². The molecule has 0 heterocycles. The van der Waals surface area contributed by atoms with Gasteiger partial charge in [-0.05, 0) is 49.2 Å². The third kappa shape index (κ3) is 9.39. The van der Waals surface area contributed by atoms with E-state index in [1.807, 2.05) is 0 Å². The van der Waals surface area contributed by atoms with Crippen molar-refractivity contribution in [1.29, 1.82) is 0 Å². The van der Waals surface area contributed by atoms with E-state index in [2.05, 4.69) is 103 Å². The monoisotopic (exact) mass is 602 g/mol. The smallest absolute Gasteiger partial charge is 0.421 e. The van der Waals surface area contributed by atoms with Gasteiger partial charge in [-0.2, -0.15) is 22.0 Å². The van der Waals surface area contributed by atoms with E-state index in [0.29, 0.717) is 12.8 Å². The molecular weight excluding hydrogens is 575 g/mol. The van der Waals surface area contributed by atoms with Crippen molar-refractivity contribution in [3.8, 4) is 0 Å². The molecule has 0 bridgehead atoms. The molecule has 0 spiro atoms. The molecule has 0 amide bonds.